The molecular weight excluding hydrogens is 128 g/mol. The number of rotatable bonds is 3. The van der Waals surface area contributed by atoms with Gasteiger partial charge >= 0.3 is 0 Å². The molecule has 0 unspecified atom stereocenters. The molecule has 1 aromatic heterocycles. The minimum atomic E-state index is -0.0312. The Balaban J connectivity index is 2.43. The van der Waals surface area contributed by atoms with Crippen LogP contribution in [-0.2, 0) is 11.5 Å². The summed E-state index contributed by atoms with van der Waals surface area (Å²) < 4.78 is 0. The summed E-state index contributed by atoms with van der Waals surface area (Å²) in [5.41, 5.74) is 0.901. The molecule has 1 rings (SSSR count). The van der Waals surface area contributed by atoms with E-state index in [1.54, 1.807) is 18.6 Å². The molecule has 3 nitrogen and oxygen atoms in total. The molecule has 0 fully saturated rings. The highest BCUT2D eigenvalue weighted by atomic mass is 16.2. The Kier molecular flexibility index (Phi) is 2.83. The molecule has 0 bridgehead atoms. The normalized spacial score (nSPS) is 9.70. The van der Waals surface area contributed by atoms with Crippen LogP contribution in [-0.4, -0.2) is 16.6 Å². The first-order valence-electron chi connectivity index (χ1n) is 3.26. The molecular formula is C7H9N2O. The molecule has 0 amide bonds. The van der Waals surface area contributed by atoms with Gasteiger partial charge in [0.15, 0.2) is 0 Å². The number of aromatic nitrogens is 2. The van der Waals surface area contributed by atoms with Crippen LogP contribution in [0.4, 0.5) is 0 Å². The molecule has 10 heavy (non-hydrogen) atoms. The molecule has 0 aliphatic rings. The summed E-state index contributed by atoms with van der Waals surface area (Å²) in [6.45, 7) is -0.0312. The monoisotopic (exact) mass is 137 g/mol. The molecule has 0 aliphatic carbocycles. The molecule has 0 spiro atoms. The maximum Gasteiger partial charge on any atom is 0.0826 e. The highest BCUT2D eigenvalue weighted by Gasteiger charge is 1.91. The molecule has 0 N–H and O–H groups in total. The predicted octanol–water partition coefficient (Wildman–Crippen LogP) is 0.840. The number of aryl methyl sites for hydroxylation is 1. The minimum absolute atomic E-state index is 0.0312. The second kappa shape index (κ2) is 3.95. The van der Waals surface area contributed by atoms with E-state index in [1.807, 2.05) is 0 Å². The third kappa shape index (κ3) is 2.11. The molecule has 0 aromatic carbocycles. The standard InChI is InChI=1S/C7H9N2O/c10-5-1-2-7-6-8-3-4-9-7/h3-4,6H,1-2,5H2. The summed E-state index contributed by atoms with van der Waals surface area (Å²) in [6.07, 6.45) is 6.35. The molecule has 1 radical (unpaired) electrons. The van der Waals surface area contributed by atoms with Crippen molar-refractivity contribution in [2.75, 3.05) is 6.61 Å². The highest BCUT2D eigenvalue weighted by molar-refractivity contribution is 4.93. The molecule has 1 heterocycles. The molecule has 0 atom stereocenters. The number of nitrogens with zero attached hydrogens (tertiary/aromatic N) is 2. The largest absolute Gasteiger partial charge is 0.261 e. The van der Waals surface area contributed by atoms with Crippen LogP contribution in [0, 0.1) is 0 Å². The lowest BCUT2D eigenvalue weighted by atomic mass is 10.2. The second-order valence-electron chi connectivity index (χ2n) is 2.00. The first-order chi connectivity index (χ1) is 4.93. The molecule has 0 aliphatic heterocycles. The van der Waals surface area contributed by atoms with Crippen molar-refractivity contribution in [2.45, 2.75) is 12.8 Å². The van der Waals surface area contributed by atoms with Gasteiger partial charge < -0.3 is 0 Å². The van der Waals surface area contributed by atoms with E-state index in [0.717, 1.165) is 12.1 Å². The van der Waals surface area contributed by atoms with Gasteiger partial charge in [0.2, 0.25) is 0 Å². The van der Waals surface area contributed by atoms with Gasteiger partial charge in [0, 0.05) is 18.6 Å². The van der Waals surface area contributed by atoms with Gasteiger partial charge in [-0.15, -0.1) is 0 Å². The van der Waals surface area contributed by atoms with Gasteiger partial charge in [-0.1, -0.05) is 0 Å². The van der Waals surface area contributed by atoms with Crippen molar-refractivity contribution in [3.63, 3.8) is 0 Å². The van der Waals surface area contributed by atoms with Crippen molar-refractivity contribution in [3.8, 4) is 0 Å². The zero-order valence-corrected chi connectivity index (χ0v) is 5.66. The molecule has 3 heteroatoms. The van der Waals surface area contributed by atoms with Crippen molar-refractivity contribution >= 4 is 0 Å². The fraction of sp³-hybridized carbons (Fsp3) is 0.429. The Labute approximate surface area is 59.8 Å². The van der Waals surface area contributed by atoms with Crippen LogP contribution in [0.2, 0.25) is 0 Å². The summed E-state index contributed by atoms with van der Waals surface area (Å²) in [5, 5.41) is 10.1. The average molecular weight is 137 g/mol. The van der Waals surface area contributed by atoms with Crippen molar-refractivity contribution in [2.24, 2.45) is 0 Å². The van der Waals surface area contributed by atoms with Crippen LogP contribution < -0.4 is 0 Å². The third-order valence-corrected chi connectivity index (χ3v) is 1.19. The highest BCUT2D eigenvalue weighted by Crippen LogP contribution is 1.94. The lowest BCUT2D eigenvalue weighted by Crippen LogP contribution is -1.91. The predicted molar refractivity (Wildman–Crippen MR) is 35.9 cm³/mol. The fourth-order valence-electron chi connectivity index (χ4n) is 0.712. The first kappa shape index (κ1) is 7.15. The topological polar surface area (TPSA) is 45.7 Å². The van der Waals surface area contributed by atoms with Gasteiger partial charge in [-0.05, 0) is 12.8 Å². The van der Waals surface area contributed by atoms with E-state index < -0.39 is 0 Å². The van der Waals surface area contributed by atoms with E-state index in [4.69, 9.17) is 0 Å². The molecule has 0 saturated heterocycles. The van der Waals surface area contributed by atoms with Gasteiger partial charge in [-0.3, -0.25) is 9.97 Å². The molecule has 0 saturated carbocycles. The Morgan fingerprint density at radius 3 is 2.90 bits per heavy atom. The molecule has 53 valence electrons. The van der Waals surface area contributed by atoms with E-state index in [1.165, 1.54) is 0 Å². The summed E-state index contributed by atoms with van der Waals surface area (Å²) in [7, 11) is 0. The SMILES string of the molecule is [O]CCCc1cnccn1. The molecule has 1 aromatic rings. The minimum Gasteiger partial charge on any atom is -0.261 e. The van der Waals surface area contributed by atoms with Crippen molar-refractivity contribution in [1.29, 1.82) is 0 Å². The van der Waals surface area contributed by atoms with Crippen molar-refractivity contribution in [1.82, 2.24) is 9.97 Å². The van der Waals surface area contributed by atoms with E-state index >= 15 is 0 Å². The van der Waals surface area contributed by atoms with Crippen LogP contribution in [0.15, 0.2) is 18.6 Å². The van der Waals surface area contributed by atoms with Gasteiger partial charge in [0.1, 0.15) is 0 Å². The van der Waals surface area contributed by atoms with Crippen LogP contribution in [0.25, 0.3) is 0 Å². The van der Waals surface area contributed by atoms with Gasteiger partial charge in [-0.25, -0.2) is 5.11 Å². The Hall–Kier alpha value is -0.960. The first-order valence-corrected chi connectivity index (χ1v) is 3.26. The quantitative estimate of drug-likeness (QED) is 0.619. The summed E-state index contributed by atoms with van der Waals surface area (Å²) in [4.78, 5) is 7.89. The Bertz CT molecular complexity index is 176. The van der Waals surface area contributed by atoms with Crippen LogP contribution in [0.3, 0.4) is 0 Å². The Morgan fingerprint density at radius 1 is 1.40 bits per heavy atom. The summed E-state index contributed by atoms with van der Waals surface area (Å²) in [6, 6.07) is 0. The van der Waals surface area contributed by atoms with E-state index in [0.29, 0.717) is 6.42 Å². The van der Waals surface area contributed by atoms with E-state index in [9.17, 15) is 5.11 Å². The van der Waals surface area contributed by atoms with Gasteiger partial charge in [0.25, 0.3) is 0 Å². The third-order valence-electron chi connectivity index (χ3n) is 1.19. The van der Waals surface area contributed by atoms with Crippen molar-refractivity contribution < 1.29 is 5.11 Å². The van der Waals surface area contributed by atoms with Crippen LogP contribution in [0.5, 0.6) is 0 Å². The fourth-order valence-corrected chi connectivity index (χ4v) is 0.712. The summed E-state index contributed by atoms with van der Waals surface area (Å²) in [5.74, 6) is 0. The maximum absolute atomic E-state index is 10.1. The van der Waals surface area contributed by atoms with E-state index in [2.05, 4.69) is 9.97 Å². The smallest absolute Gasteiger partial charge is 0.0826 e. The number of hydrogen-bond donors (Lipinski definition) is 0. The summed E-state index contributed by atoms with van der Waals surface area (Å²) >= 11 is 0. The Morgan fingerprint density at radius 2 is 2.30 bits per heavy atom. The van der Waals surface area contributed by atoms with Gasteiger partial charge in [0.05, 0.1) is 12.3 Å². The second-order valence-corrected chi connectivity index (χ2v) is 2.00. The average Bonchev–Trinajstić information content (AvgIpc) is 2.03. The van der Waals surface area contributed by atoms with Gasteiger partial charge in [-0.2, -0.15) is 0 Å². The van der Waals surface area contributed by atoms with Crippen LogP contribution in [0.1, 0.15) is 12.1 Å². The zero-order chi connectivity index (χ0) is 7.23. The van der Waals surface area contributed by atoms with E-state index in [-0.39, 0.29) is 6.61 Å². The number of hydrogen-bond acceptors (Lipinski definition) is 2. The van der Waals surface area contributed by atoms with Crippen molar-refractivity contribution in [3.05, 3.63) is 24.3 Å². The lowest BCUT2D eigenvalue weighted by Gasteiger charge is -1.93. The zero-order valence-electron chi connectivity index (χ0n) is 5.66. The maximum atomic E-state index is 10.1. The van der Waals surface area contributed by atoms with Crippen LogP contribution >= 0.6 is 0 Å². The lowest BCUT2D eigenvalue weighted by molar-refractivity contribution is 0.189.